The summed E-state index contributed by atoms with van der Waals surface area (Å²) >= 11 is 0. The monoisotopic (exact) mass is 169 g/mol. The van der Waals surface area contributed by atoms with Gasteiger partial charge in [0.1, 0.15) is 11.5 Å². The molecular weight excluding hydrogens is 163 g/mol. The minimum atomic E-state index is 0.790. The Morgan fingerprint density at radius 3 is 1.92 bits per heavy atom. The standard InChI is InChI=1S/C10H6BO2/c1-2-4-8-6-10-9(12-11-13-10)5-7(8)3-1/h1-6H. The number of hydrogen-bond acceptors (Lipinski definition) is 2. The summed E-state index contributed by atoms with van der Waals surface area (Å²) in [5, 5.41) is 2.33. The maximum atomic E-state index is 5.16. The average molecular weight is 169 g/mol. The summed E-state index contributed by atoms with van der Waals surface area (Å²) in [6.45, 7) is 0. The molecule has 1 radical (unpaired) electrons. The van der Waals surface area contributed by atoms with E-state index in [9.17, 15) is 0 Å². The third kappa shape index (κ3) is 0.969. The molecule has 0 unspecified atom stereocenters. The highest BCUT2D eigenvalue weighted by Gasteiger charge is 2.16. The molecule has 0 amide bonds. The van der Waals surface area contributed by atoms with Crippen LogP contribution in [-0.2, 0) is 0 Å². The first-order valence-electron chi connectivity index (χ1n) is 4.11. The fourth-order valence-corrected chi connectivity index (χ4v) is 1.51. The highest BCUT2D eigenvalue weighted by Crippen LogP contribution is 2.35. The zero-order chi connectivity index (χ0) is 8.67. The van der Waals surface area contributed by atoms with Crippen LogP contribution in [0, 0.1) is 0 Å². The topological polar surface area (TPSA) is 18.5 Å². The molecule has 3 rings (SSSR count). The first-order valence-corrected chi connectivity index (χ1v) is 4.11. The van der Waals surface area contributed by atoms with Gasteiger partial charge in [0.25, 0.3) is 0 Å². The summed E-state index contributed by atoms with van der Waals surface area (Å²) in [4.78, 5) is 0. The van der Waals surface area contributed by atoms with Crippen molar-refractivity contribution in [1.82, 2.24) is 0 Å². The van der Waals surface area contributed by atoms with Crippen molar-refractivity contribution in [1.29, 1.82) is 0 Å². The van der Waals surface area contributed by atoms with Crippen molar-refractivity contribution in [2.45, 2.75) is 0 Å². The van der Waals surface area contributed by atoms with E-state index in [0.717, 1.165) is 11.5 Å². The molecule has 0 atom stereocenters. The summed E-state index contributed by atoms with van der Waals surface area (Å²) in [6, 6.07) is 12.1. The second-order valence-electron chi connectivity index (χ2n) is 2.98. The van der Waals surface area contributed by atoms with Crippen molar-refractivity contribution in [3.8, 4) is 11.5 Å². The first-order chi connectivity index (χ1) is 6.43. The summed E-state index contributed by atoms with van der Waals surface area (Å²) in [5.74, 6) is 1.58. The van der Waals surface area contributed by atoms with Crippen LogP contribution in [0.2, 0.25) is 0 Å². The Balaban J connectivity index is 2.36. The second kappa shape index (κ2) is 2.42. The van der Waals surface area contributed by atoms with Crippen molar-refractivity contribution in [3.63, 3.8) is 0 Å². The fraction of sp³-hybridized carbons (Fsp3) is 0. The van der Waals surface area contributed by atoms with Gasteiger partial charge in [-0.15, -0.1) is 0 Å². The Hall–Kier alpha value is -1.64. The average Bonchev–Trinajstić information content (AvgIpc) is 2.61. The molecule has 1 heterocycles. The quantitative estimate of drug-likeness (QED) is 0.562. The molecule has 1 aliphatic heterocycles. The van der Waals surface area contributed by atoms with E-state index in [-0.39, 0.29) is 0 Å². The molecule has 2 aromatic rings. The van der Waals surface area contributed by atoms with E-state index in [1.54, 1.807) is 0 Å². The molecular formula is C10H6BO2. The van der Waals surface area contributed by atoms with Gasteiger partial charge in [-0.3, -0.25) is 0 Å². The molecule has 0 bridgehead atoms. The van der Waals surface area contributed by atoms with Crippen molar-refractivity contribution < 1.29 is 9.31 Å². The lowest BCUT2D eigenvalue weighted by Crippen LogP contribution is -1.99. The first kappa shape index (κ1) is 6.84. The molecule has 2 aromatic carbocycles. The molecule has 61 valence electrons. The van der Waals surface area contributed by atoms with E-state index < -0.39 is 0 Å². The van der Waals surface area contributed by atoms with Crippen molar-refractivity contribution >= 4 is 18.5 Å². The maximum absolute atomic E-state index is 5.16. The second-order valence-corrected chi connectivity index (χ2v) is 2.98. The largest absolute Gasteiger partial charge is 0.658 e. The van der Waals surface area contributed by atoms with Crippen LogP contribution in [0.1, 0.15) is 0 Å². The minimum Gasteiger partial charge on any atom is -0.524 e. The Bertz CT molecular complexity index is 425. The van der Waals surface area contributed by atoms with E-state index >= 15 is 0 Å². The number of fused-ring (bicyclic) bond motifs is 2. The zero-order valence-corrected chi connectivity index (χ0v) is 6.86. The van der Waals surface area contributed by atoms with Crippen LogP contribution >= 0.6 is 0 Å². The predicted molar refractivity (Wildman–Crippen MR) is 51.0 cm³/mol. The Labute approximate surface area is 76.4 Å². The lowest BCUT2D eigenvalue weighted by Gasteiger charge is -2.00. The van der Waals surface area contributed by atoms with Crippen LogP contribution in [-0.4, -0.2) is 7.69 Å². The SMILES string of the molecule is [B]1Oc2cc3ccccc3cc2O1. The van der Waals surface area contributed by atoms with Gasteiger partial charge in [0.05, 0.1) is 0 Å². The van der Waals surface area contributed by atoms with Gasteiger partial charge in [-0.05, 0) is 22.9 Å². The Kier molecular flexibility index (Phi) is 1.27. The molecule has 2 nitrogen and oxygen atoms in total. The van der Waals surface area contributed by atoms with Crippen LogP contribution in [0.25, 0.3) is 10.8 Å². The van der Waals surface area contributed by atoms with Crippen molar-refractivity contribution in [2.75, 3.05) is 0 Å². The van der Waals surface area contributed by atoms with Gasteiger partial charge in [0, 0.05) is 0 Å². The highest BCUT2D eigenvalue weighted by atomic mass is 16.6. The lowest BCUT2D eigenvalue weighted by atomic mass is 10.1. The number of rotatable bonds is 0. The summed E-state index contributed by atoms with van der Waals surface area (Å²) in [5.41, 5.74) is 0. The van der Waals surface area contributed by atoms with Crippen molar-refractivity contribution in [2.24, 2.45) is 0 Å². The van der Waals surface area contributed by atoms with Crippen LogP contribution in [0.5, 0.6) is 11.5 Å². The molecule has 0 aromatic heterocycles. The van der Waals surface area contributed by atoms with Crippen LogP contribution < -0.4 is 9.31 Å². The van der Waals surface area contributed by atoms with Gasteiger partial charge in [-0.2, -0.15) is 0 Å². The summed E-state index contributed by atoms with van der Waals surface area (Å²) in [7, 11) is 1.35. The lowest BCUT2D eigenvalue weighted by molar-refractivity contribution is 0.541. The zero-order valence-electron chi connectivity index (χ0n) is 6.86. The molecule has 1 aliphatic rings. The number of benzene rings is 2. The van der Waals surface area contributed by atoms with Gasteiger partial charge in [0.2, 0.25) is 0 Å². The molecule has 3 heteroatoms. The molecule has 0 aliphatic carbocycles. The fourth-order valence-electron chi connectivity index (χ4n) is 1.51. The Morgan fingerprint density at radius 1 is 0.846 bits per heavy atom. The van der Waals surface area contributed by atoms with E-state index in [4.69, 9.17) is 9.31 Å². The van der Waals surface area contributed by atoms with Gasteiger partial charge < -0.3 is 9.31 Å². The molecule has 0 saturated carbocycles. The van der Waals surface area contributed by atoms with Crippen LogP contribution in [0.3, 0.4) is 0 Å². The summed E-state index contributed by atoms with van der Waals surface area (Å²) < 4.78 is 10.3. The van der Waals surface area contributed by atoms with Crippen LogP contribution in [0.4, 0.5) is 0 Å². The van der Waals surface area contributed by atoms with Crippen molar-refractivity contribution in [3.05, 3.63) is 36.4 Å². The summed E-state index contributed by atoms with van der Waals surface area (Å²) in [6.07, 6.45) is 0. The van der Waals surface area contributed by atoms with E-state index in [1.807, 2.05) is 24.3 Å². The van der Waals surface area contributed by atoms with Gasteiger partial charge >= 0.3 is 7.69 Å². The molecule has 0 saturated heterocycles. The van der Waals surface area contributed by atoms with E-state index in [2.05, 4.69) is 12.1 Å². The third-order valence-electron chi connectivity index (χ3n) is 2.16. The molecule has 0 spiro atoms. The van der Waals surface area contributed by atoms with E-state index in [1.165, 1.54) is 18.5 Å². The van der Waals surface area contributed by atoms with Gasteiger partial charge in [0.15, 0.2) is 0 Å². The smallest absolute Gasteiger partial charge is 0.524 e. The Morgan fingerprint density at radius 2 is 1.38 bits per heavy atom. The number of hydrogen-bond donors (Lipinski definition) is 0. The van der Waals surface area contributed by atoms with Gasteiger partial charge in [-0.25, -0.2) is 0 Å². The maximum Gasteiger partial charge on any atom is 0.658 e. The minimum absolute atomic E-state index is 0.790. The normalized spacial score (nSPS) is 12.9. The molecule has 0 N–H and O–H groups in total. The highest BCUT2D eigenvalue weighted by molar-refractivity contribution is 6.23. The van der Waals surface area contributed by atoms with Crippen LogP contribution in [0.15, 0.2) is 36.4 Å². The third-order valence-corrected chi connectivity index (χ3v) is 2.16. The molecule has 13 heavy (non-hydrogen) atoms. The van der Waals surface area contributed by atoms with Gasteiger partial charge in [-0.1, -0.05) is 24.3 Å². The van der Waals surface area contributed by atoms with E-state index in [0.29, 0.717) is 0 Å². The predicted octanol–water partition coefficient (Wildman–Crippen LogP) is 2.15. The molecule has 0 fully saturated rings.